The Morgan fingerprint density at radius 1 is 1.56 bits per heavy atom. The SMILES string of the molecule is CCC(=O)CC1CC[C@H]2CC(=O)O[C@@]12CI. The zero-order chi connectivity index (χ0) is 11.8. The summed E-state index contributed by atoms with van der Waals surface area (Å²) in [6.07, 6.45) is 3.80. The Balaban J connectivity index is 2.14. The first kappa shape index (κ1) is 12.3. The van der Waals surface area contributed by atoms with Crippen LogP contribution < -0.4 is 0 Å². The van der Waals surface area contributed by atoms with Crippen LogP contribution in [0.2, 0.25) is 0 Å². The maximum absolute atomic E-state index is 11.6. The van der Waals surface area contributed by atoms with Gasteiger partial charge in [-0.25, -0.2) is 0 Å². The second-order valence-corrected chi connectivity index (χ2v) is 5.60. The van der Waals surface area contributed by atoms with E-state index >= 15 is 0 Å². The molecule has 0 bridgehead atoms. The van der Waals surface area contributed by atoms with E-state index in [1.165, 1.54) is 0 Å². The van der Waals surface area contributed by atoms with Crippen LogP contribution >= 0.6 is 22.6 Å². The van der Waals surface area contributed by atoms with Crippen LogP contribution in [-0.2, 0) is 14.3 Å². The molecule has 3 nitrogen and oxygen atoms in total. The number of halogens is 1. The van der Waals surface area contributed by atoms with Crippen LogP contribution in [0.3, 0.4) is 0 Å². The van der Waals surface area contributed by atoms with Crippen molar-refractivity contribution in [3.8, 4) is 0 Å². The van der Waals surface area contributed by atoms with Crippen LogP contribution in [0.5, 0.6) is 0 Å². The zero-order valence-corrected chi connectivity index (χ0v) is 11.7. The molecular formula is C12H17IO3. The zero-order valence-electron chi connectivity index (χ0n) is 9.50. The second kappa shape index (κ2) is 4.63. The third kappa shape index (κ3) is 1.89. The molecule has 90 valence electrons. The van der Waals surface area contributed by atoms with E-state index in [9.17, 15) is 9.59 Å². The standard InChI is InChI=1S/C12H17IO3/c1-2-10(14)5-8-3-4-9-6-11(15)16-12(8,9)7-13/h8-9H,2-7H2,1H3/t8?,9-,12-/m0/s1. The largest absolute Gasteiger partial charge is 0.458 e. The second-order valence-electron chi connectivity index (χ2n) is 4.83. The van der Waals surface area contributed by atoms with Crippen molar-refractivity contribution in [3.63, 3.8) is 0 Å². The van der Waals surface area contributed by atoms with Crippen LogP contribution in [0.1, 0.15) is 39.0 Å². The highest BCUT2D eigenvalue weighted by atomic mass is 127. The summed E-state index contributed by atoms with van der Waals surface area (Å²) in [7, 11) is 0. The maximum atomic E-state index is 11.6. The lowest BCUT2D eigenvalue weighted by molar-refractivity contribution is -0.151. The molecule has 2 fully saturated rings. The summed E-state index contributed by atoms with van der Waals surface area (Å²) in [6, 6.07) is 0. The summed E-state index contributed by atoms with van der Waals surface area (Å²) >= 11 is 2.29. The highest BCUT2D eigenvalue weighted by Crippen LogP contribution is 2.51. The van der Waals surface area contributed by atoms with Crippen molar-refractivity contribution in [2.24, 2.45) is 11.8 Å². The number of carbonyl (C=O) groups excluding carboxylic acids is 2. The molecule has 1 aliphatic carbocycles. The summed E-state index contributed by atoms with van der Waals surface area (Å²) < 4.78 is 6.40. The van der Waals surface area contributed by atoms with Crippen LogP contribution in [0.4, 0.5) is 0 Å². The predicted octanol–water partition coefficient (Wildman–Crippen LogP) is 2.50. The van der Waals surface area contributed by atoms with Gasteiger partial charge in [-0.15, -0.1) is 0 Å². The lowest BCUT2D eigenvalue weighted by Crippen LogP contribution is -2.41. The van der Waals surface area contributed by atoms with Gasteiger partial charge in [0.25, 0.3) is 0 Å². The number of ketones is 1. The molecule has 1 aliphatic heterocycles. The van der Waals surface area contributed by atoms with Gasteiger partial charge in [-0.05, 0) is 12.8 Å². The van der Waals surface area contributed by atoms with Crippen LogP contribution in [0, 0.1) is 11.8 Å². The molecule has 16 heavy (non-hydrogen) atoms. The summed E-state index contributed by atoms with van der Waals surface area (Å²) in [6.45, 7) is 1.89. The molecule has 3 atom stereocenters. The highest BCUT2D eigenvalue weighted by molar-refractivity contribution is 14.1. The van der Waals surface area contributed by atoms with Crippen molar-refractivity contribution < 1.29 is 14.3 Å². The number of carbonyl (C=O) groups is 2. The number of Topliss-reactive ketones (excluding diaryl/α,β-unsaturated/α-hetero) is 1. The summed E-state index contributed by atoms with van der Waals surface area (Å²) in [4.78, 5) is 23.0. The third-order valence-electron chi connectivity index (χ3n) is 4.04. The average molecular weight is 336 g/mol. The molecule has 0 radical (unpaired) electrons. The van der Waals surface area contributed by atoms with Gasteiger partial charge in [0.2, 0.25) is 0 Å². The van der Waals surface area contributed by atoms with Crippen molar-refractivity contribution in [3.05, 3.63) is 0 Å². The van der Waals surface area contributed by atoms with E-state index in [4.69, 9.17) is 4.74 Å². The normalized spacial score (nSPS) is 37.2. The van der Waals surface area contributed by atoms with E-state index in [2.05, 4.69) is 22.6 Å². The molecule has 0 N–H and O–H groups in total. The summed E-state index contributed by atoms with van der Waals surface area (Å²) in [5, 5.41) is 0. The van der Waals surface area contributed by atoms with Gasteiger partial charge in [0, 0.05) is 29.1 Å². The molecular weight excluding hydrogens is 319 g/mol. The Bertz CT molecular complexity index is 315. The Labute approximate surface area is 109 Å². The van der Waals surface area contributed by atoms with Crippen LogP contribution in [-0.4, -0.2) is 21.8 Å². The third-order valence-corrected chi connectivity index (χ3v) is 5.23. The lowest BCUT2D eigenvalue weighted by Gasteiger charge is -2.32. The fraction of sp³-hybridized carbons (Fsp3) is 0.833. The van der Waals surface area contributed by atoms with E-state index in [1.54, 1.807) is 0 Å². The smallest absolute Gasteiger partial charge is 0.306 e. The van der Waals surface area contributed by atoms with Gasteiger partial charge in [0.05, 0.1) is 6.42 Å². The van der Waals surface area contributed by atoms with E-state index < -0.39 is 0 Å². The quantitative estimate of drug-likeness (QED) is 0.450. The van der Waals surface area contributed by atoms with Gasteiger partial charge in [-0.1, -0.05) is 29.5 Å². The fourth-order valence-electron chi connectivity index (χ4n) is 3.06. The molecule has 0 aromatic carbocycles. The Morgan fingerprint density at radius 3 is 2.94 bits per heavy atom. The van der Waals surface area contributed by atoms with Gasteiger partial charge in [0.15, 0.2) is 0 Å². The number of hydrogen-bond donors (Lipinski definition) is 0. The van der Waals surface area contributed by atoms with Gasteiger partial charge >= 0.3 is 5.97 Å². The number of rotatable bonds is 4. The first-order valence-electron chi connectivity index (χ1n) is 5.92. The van der Waals surface area contributed by atoms with E-state index in [0.29, 0.717) is 25.2 Å². The number of fused-ring (bicyclic) bond motifs is 1. The number of ether oxygens (including phenoxy) is 1. The molecule has 0 spiro atoms. The van der Waals surface area contributed by atoms with Gasteiger partial charge in [-0.3, -0.25) is 9.59 Å². The first-order valence-corrected chi connectivity index (χ1v) is 7.44. The van der Waals surface area contributed by atoms with Gasteiger partial charge in [-0.2, -0.15) is 0 Å². The topological polar surface area (TPSA) is 43.4 Å². The monoisotopic (exact) mass is 336 g/mol. The van der Waals surface area contributed by atoms with E-state index in [1.807, 2.05) is 6.92 Å². The predicted molar refractivity (Wildman–Crippen MR) is 68.5 cm³/mol. The minimum Gasteiger partial charge on any atom is -0.458 e. The number of hydrogen-bond acceptors (Lipinski definition) is 3. The molecule has 1 unspecified atom stereocenters. The highest BCUT2D eigenvalue weighted by Gasteiger charge is 2.57. The minimum atomic E-state index is -0.317. The molecule has 1 heterocycles. The summed E-state index contributed by atoms with van der Waals surface area (Å²) in [5.41, 5.74) is -0.317. The molecule has 2 rings (SSSR count). The average Bonchev–Trinajstić information content (AvgIpc) is 2.75. The molecule has 2 aliphatic rings. The van der Waals surface area contributed by atoms with Crippen molar-refractivity contribution >= 4 is 34.3 Å². The van der Waals surface area contributed by atoms with Crippen molar-refractivity contribution in [2.45, 2.75) is 44.6 Å². The molecule has 1 saturated carbocycles. The fourth-order valence-corrected chi connectivity index (χ4v) is 4.46. The minimum absolute atomic E-state index is 0.0738. The van der Waals surface area contributed by atoms with Crippen molar-refractivity contribution in [2.75, 3.05) is 4.43 Å². The van der Waals surface area contributed by atoms with Crippen LogP contribution in [0.15, 0.2) is 0 Å². The lowest BCUT2D eigenvalue weighted by atomic mass is 9.83. The van der Waals surface area contributed by atoms with Crippen molar-refractivity contribution in [1.29, 1.82) is 0 Å². The Kier molecular flexibility index (Phi) is 3.56. The first-order chi connectivity index (χ1) is 7.62. The molecule has 0 amide bonds. The van der Waals surface area contributed by atoms with E-state index in [-0.39, 0.29) is 23.3 Å². The van der Waals surface area contributed by atoms with Crippen molar-refractivity contribution in [1.82, 2.24) is 0 Å². The Morgan fingerprint density at radius 2 is 2.31 bits per heavy atom. The Hall–Kier alpha value is -0.130. The molecule has 0 aromatic rings. The van der Waals surface area contributed by atoms with Crippen LogP contribution in [0.25, 0.3) is 0 Å². The van der Waals surface area contributed by atoms with Gasteiger partial charge < -0.3 is 4.74 Å². The number of esters is 1. The van der Waals surface area contributed by atoms with Gasteiger partial charge in [0.1, 0.15) is 11.4 Å². The summed E-state index contributed by atoms with van der Waals surface area (Å²) in [5.74, 6) is 0.827. The molecule has 0 aromatic heterocycles. The van der Waals surface area contributed by atoms with E-state index in [0.717, 1.165) is 17.3 Å². The maximum Gasteiger partial charge on any atom is 0.306 e. The number of alkyl halides is 1. The molecule has 1 saturated heterocycles. The molecule has 4 heteroatoms.